The molecular formula is C13H14ClNO3S. The van der Waals surface area contributed by atoms with Crippen LogP contribution in [0.25, 0.3) is 0 Å². The lowest BCUT2D eigenvalue weighted by Crippen LogP contribution is -2.17. The number of benzene rings is 1. The zero-order chi connectivity index (χ0) is 14.3. The molecule has 0 saturated heterocycles. The van der Waals surface area contributed by atoms with Crippen LogP contribution in [-0.4, -0.2) is 33.6 Å². The Morgan fingerprint density at radius 1 is 1.42 bits per heavy atom. The van der Waals surface area contributed by atoms with Gasteiger partial charge in [0.25, 0.3) is 0 Å². The normalized spacial score (nSPS) is 29.8. The number of methoxy groups -OCH3 is 1. The first-order chi connectivity index (χ1) is 8.86. The zero-order valence-corrected chi connectivity index (χ0v) is 12.2. The Labute approximate surface area is 117 Å². The summed E-state index contributed by atoms with van der Waals surface area (Å²) in [7, 11) is -1.85. The summed E-state index contributed by atoms with van der Waals surface area (Å²) in [6, 6.07) is 9.06. The van der Waals surface area contributed by atoms with Gasteiger partial charge in [0.2, 0.25) is 0 Å². The minimum Gasteiger partial charge on any atom is -0.383 e. The molecule has 0 heterocycles. The summed E-state index contributed by atoms with van der Waals surface area (Å²) in [5.74, 6) is -0.357. The topological polar surface area (TPSA) is 67.2 Å². The van der Waals surface area contributed by atoms with E-state index >= 15 is 0 Å². The molecular weight excluding hydrogens is 286 g/mol. The summed E-state index contributed by atoms with van der Waals surface area (Å²) in [6.07, 6.45) is 1.16. The fraction of sp³-hybridized carbons (Fsp3) is 0.462. The van der Waals surface area contributed by atoms with Crippen LogP contribution in [-0.2, 0) is 14.6 Å². The summed E-state index contributed by atoms with van der Waals surface area (Å²) < 4.78 is 28.8. The molecule has 1 aliphatic carbocycles. The predicted molar refractivity (Wildman–Crippen MR) is 72.7 cm³/mol. The number of hydrogen-bond acceptors (Lipinski definition) is 4. The molecule has 1 aromatic rings. The van der Waals surface area contributed by atoms with Crippen LogP contribution >= 0.6 is 11.6 Å². The van der Waals surface area contributed by atoms with Crippen LogP contribution in [0.1, 0.15) is 11.5 Å². The predicted octanol–water partition coefficient (Wildman–Crippen LogP) is 2.01. The summed E-state index contributed by atoms with van der Waals surface area (Å²) >= 11 is 5.82. The van der Waals surface area contributed by atoms with Gasteiger partial charge < -0.3 is 4.74 Å². The average molecular weight is 300 g/mol. The average Bonchev–Trinajstić information content (AvgIpc) is 3.00. The van der Waals surface area contributed by atoms with Crippen molar-refractivity contribution in [2.24, 2.45) is 5.41 Å². The van der Waals surface area contributed by atoms with E-state index in [0.29, 0.717) is 5.02 Å². The van der Waals surface area contributed by atoms with Gasteiger partial charge in [-0.3, -0.25) is 0 Å². The molecule has 0 unspecified atom stereocenters. The number of hydrogen-bond donors (Lipinski definition) is 0. The number of nitrogens with zero attached hydrogens (tertiary/aromatic N) is 1. The molecule has 1 saturated carbocycles. The third kappa shape index (κ3) is 2.36. The number of rotatable bonds is 4. The zero-order valence-electron chi connectivity index (χ0n) is 10.6. The van der Waals surface area contributed by atoms with Gasteiger partial charge in [-0.2, -0.15) is 5.26 Å². The summed E-state index contributed by atoms with van der Waals surface area (Å²) in [5.41, 5.74) is -0.186. The first-order valence-electron chi connectivity index (χ1n) is 5.71. The molecule has 6 heteroatoms. The van der Waals surface area contributed by atoms with Crippen LogP contribution in [0.3, 0.4) is 0 Å². The van der Waals surface area contributed by atoms with E-state index in [1.165, 1.54) is 7.11 Å². The Kier molecular flexibility index (Phi) is 3.61. The number of halogens is 1. The van der Waals surface area contributed by atoms with Gasteiger partial charge in [0.1, 0.15) is 5.41 Å². The Hall–Kier alpha value is -1.09. The number of nitriles is 1. The molecule has 1 fully saturated rings. The Morgan fingerprint density at radius 2 is 2.00 bits per heavy atom. The van der Waals surface area contributed by atoms with E-state index in [1.807, 2.05) is 0 Å². The molecule has 0 aliphatic heterocycles. The maximum atomic E-state index is 11.9. The van der Waals surface area contributed by atoms with Crippen LogP contribution in [0.15, 0.2) is 24.3 Å². The molecule has 1 aliphatic rings. The SMILES string of the molecule is COC[C@]1(C#N)[C@H](c2ccc(Cl)cc2)[C@@H]1S(C)(=O)=O. The third-order valence-electron chi connectivity index (χ3n) is 3.54. The molecule has 0 amide bonds. The van der Waals surface area contributed by atoms with E-state index in [0.717, 1.165) is 11.8 Å². The highest BCUT2D eigenvalue weighted by Gasteiger charge is 2.71. The molecule has 19 heavy (non-hydrogen) atoms. The van der Waals surface area contributed by atoms with Gasteiger partial charge in [-0.25, -0.2) is 8.42 Å². The van der Waals surface area contributed by atoms with Gasteiger partial charge in [0.15, 0.2) is 9.84 Å². The van der Waals surface area contributed by atoms with Crippen LogP contribution < -0.4 is 0 Å². The van der Waals surface area contributed by atoms with E-state index in [1.54, 1.807) is 24.3 Å². The van der Waals surface area contributed by atoms with Gasteiger partial charge >= 0.3 is 0 Å². The van der Waals surface area contributed by atoms with Gasteiger partial charge in [0.05, 0.1) is 17.9 Å². The molecule has 0 spiro atoms. The lowest BCUT2D eigenvalue weighted by molar-refractivity contribution is 0.162. The van der Waals surface area contributed by atoms with E-state index in [2.05, 4.69) is 6.07 Å². The fourth-order valence-corrected chi connectivity index (χ4v) is 4.73. The summed E-state index contributed by atoms with van der Waals surface area (Å²) in [4.78, 5) is 0. The Bertz CT molecular complexity index is 620. The first kappa shape index (κ1) is 14.3. The molecule has 0 aromatic heterocycles. The molecule has 1 aromatic carbocycles. The first-order valence-corrected chi connectivity index (χ1v) is 8.04. The maximum absolute atomic E-state index is 11.9. The quantitative estimate of drug-likeness (QED) is 0.853. The fourth-order valence-electron chi connectivity index (χ4n) is 2.75. The minimum absolute atomic E-state index is 0.106. The lowest BCUT2D eigenvalue weighted by atomic mass is 10.0. The van der Waals surface area contributed by atoms with Gasteiger partial charge in [0, 0.05) is 24.3 Å². The number of sulfone groups is 1. The highest BCUT2D eigenvalue weighted by atomic mass is 35.5. The Morgan fingerprint density at radius 3 is 2.42 bits per heavy atom. The highest BCUT2D eigenvalue weighted by molar-refractivity contribution is 7.91. The molecule has 4 nitrogen and oxygen atoms in total. The van der Waals surface area contributed by atoms with Gasteiger partial charge in [-0.1, -0.05) is 23.7 Å². The van der Waals surface area contributed by atoms with Crippen LogP contribution in [0.4, 0.5) is 0 Å². The Balaban J connectivity index is 2.44. The third-order valence-corrected chi connectivity index (χ3v) is 5.41. The minimum atomic E-state index is -3.31. The summed E-state index contributed by atoms with van der Waals surface area (Å²) in [5, 5.41) is 9.25. The van der Waals surface area contributed by atoms with Crippen molar-refractivity contribution >= 4 is 21.4 Å². The van der Waals surface area contributed by atoms with Crippen molar-refractivity contribution < 1.29 is 13.2 Å². The second-order valence-electron chi connectivity index (χ2n) is 4.86. The maximum Gasteiger partial charge on any atom is 0.152 e. The van der Waals surface area contributed by atoms with E-state index in [9.17, 15) is 13.7 Å². The second-order valence-corrected chi connectivity index (χ2v) is 7.47. The van der Waals surface area contributed by atoms with Crippen LogP contribution in [0.2, 0.25) is 5.02 Å². The molecule has 2 rings (SSSR count). The molecule has 0 bridgehead atoms. The van der Waals surface area contributed by atoms with Crippen LogP contribution in [0.5, 0.6) is 0 Å². The monoisotopic (exact) mass is 299 g/mol. The highest BCUT2D eigenvalue weighted by Crippen LogP contribution is 2.62. The van der Waals surface area contributed by atoms with Crippen molar-refractivity contribution in [2.75, 3.05) is 20.0 Å². The van der Waals surface area contributed by atoms with E-state index in [4.69, 9.17) is 16.3 Å². The van der Waals surface area contributed by atoms with Crippen molar-refractivity contribution in [3.8, 4) is 6.07 Å². The molecule has 0 radical (unpaired) electrons. The van der Waals surface area contributed by atoms with Crippen LogP contribution in [0, 0.1) is 16.7 Å². The smallest absolute Gasteiger partial charge is 0.152 e. The van der Waals surface area contributed by atoms with E-state index in [-0.39, 0.29) is 12.5 Å². The van der Waals surface area contributed by atoms with Gasteiger partial charge in [-0.05, 0) is 17.7 Å². The van der Waals surface area contributed by atoms with Crippen molar-refractivity contribution in [1.29, 1.82) is 5.26 Å². The van der Waals surface area contributed by atoms with E-state index < -0.39 is 20.5 Å². The van der Waals surface area contributed by atoms with Gasteiger partial charge in [-0.15, -0.1) is 0 Å². The number of ether oxygens (including phenoxy) is 1. The van der Waals surface area contributed by atoms with Crippen molar-refractivity contribution in [1.82, 2.24) is 0 Å². The lowest BCUT2D eigenvalue weighted by Gasteiger charge is -2.06. The van der Waals surface area contributed by atoms with Crippen molar-refractivity contribution in [2.45, 2.75) is 11.2 Å². The molecule has 102 valence electrons. The summed E-state index contributed by atoms with van der Waals surface area (Å²) in [6.45, 7) is 0.106. The van der Waals surface area contributed by atoms with Crippen molar-refractivity contribution in [3.63, 3.8) is 0 Å². The molecule has 0 N–H and O–H groups in total. The van der Waals surface area contributed by atoms with Crippen molar-refractivity contribution in [3.05, 3.63) is 34.9 Å². The molecule has 3 atom stereocenters. The second kappa shape index (κ2) is 4.78. The largest absolute Gasteiger partial charge is 0.383 e. The standard InChI is InChI=1S/C13H14ClNO3S/c1-18-8-13(7-15)11(12(13)19(2,16)17)9-3-5-10(14)6-4-9/h3-6,11-12H,8H2,1-2H3/t11-,12+,13-/m1/s1.